The highest BCUT2D eigenvalue weighted by molar-refractivity contribution is 7.98. The zero-order chi connectivity index (χ0) is 8.97. The van der Waals surface area contributed by atoms with Crippen molar-refractivity contribution in [2.24, 2.45) is 5.73 Å². The number of nitrogens with two attached hydrogens (primary N) is 1. The van der Waals surface area contributed by atoms with Crippen molar-refractivity contribution in [3.05, 3.63) is 24.0 Å². The second kappa shape index (κ2) is 4.58. The Morgan fingerprint density at radius 2 is 2.42 bits per heavy atom. The highest BCUT2D eigenvalue weighted by Gasteiger charge is 2.03. The maximum atomic E-state index is 5.80. The Hall–Kier alpha value is -0.410. The molecule has 12 heavy (non-hydrogen) atoms. The SMILES string of the molecule is CSCCn1cccc1C(C)N. The molecule has 1 aromatic heterocycles. The van der Waals surface area contributed by atoms with Crippen molar-refractivity contribution in [3.8, 4) is 0 Å². The van der Waals surface area contributed by atoms with Gasteiger partial charge in [-0.15, -0.1) is 0 Å². The molecular weight excluding hydrogens is 168 g/mol. The van der Waals surface area contributed by atoms with Crippen LogP contribution in [0.3, 0.4) is 0 Å². The van der Waals surface area contributed by atoms with E-state index in [1.165, 1.54) is 5.69 Å². The van der Waals surface area contributed by atoms with Crippen LogP contribution in [0.1, 0.15) is 18.7 Å². The van der Waals surface area contributed by atoms with Crippen LogP contribution in [0.4, 0.5) is 0 Å². The molecule has 1 atom stereocenters. The van der Waals surface area contributed by atoms with E-state index in [1.807, 2.05) is 18.7 Å². The Morgan fingerprint density at radius 3 is 3.00 bits per heavy atom. The minimum Gasteiger partial charge on any atom is -0.349 e. The molecule has 0 spiro atoms. The van der Waals surface area contributed by atoms with E-state index in [2.05, 4.69) is 29.2 Å². The number of hydrogen-bond acceptors (Lipinski definition) is 2. The standard InChI is InChI=1S/C9H16N2S/c1-8(10)9-4-3-5-11(9)6-7-12-2/h3-5,8H,6-7,10H2,1-2H3. The lowest BCUT2D eigenvalue weighted by Crippen LogP contribution is -2.12. The minimum atomic E-state index is 0.141. The summed E-state index contributed by atoms with van der Waals surface area (Å²) < 4.78 is 2.22. The van der Waals surface area contributed by atoms with Crippen molar-refractivity contribution in [1.82, 2.24) is 4.57 Å². The summed E-state index contributed by atoms with van der Waals surface area (Å²) in [5, 5.41) is 0. The maximum absolute atomic E-state index is 5.80. The molecule has 0 fully saturated rings. The smallest absolute Gasteiger partial charge is 0.0421 e. The zero-order valence-electron chi connectivity index (χ0n) is 7.66. The molecule has 0 saturated carbocycles. The van der Waals surface area contributed by atoms with Crippen LogP contribution in [0.2, 0.25) is 0 Å². The summed E-state index contributed by atoms with van der Waals surface area (Å²) in [5.74, 6) is 1.15. The van der Waals surface area contributed by atoms with Gasteiger partial charge in [0, 0.05) is 30.2 Å². The van der Waals surface area contributed by atoms with Crippen molar-refractivity contribution in [2.45, 2.75) is 19.5 Å². The Morgan fingerprint density at radius 1 is 1.67 bits per heavy atom. The fourth-order valence-corrected chi connectivity index (χ4v) is 1.61. The molecule has 0 aromatic carbocycles. The number of rotatable bonds is 4. The van der Waals surface area contributed by atoms with E-state index in [9.17, 15) is 0 Å². The summed E-state index contributed by atoms with van der Waals surface area (Å²) in [4.78, 5) is 0. The first-order valence-electron chi connectivity index (χ1n) is 4.15. The second-order valence-corrected chi connectivity index (χ2v) is 3.89. The molecule has 0 bridgehead atoms. The quantitative estimate of drug-likeness (QED) is 0.774. The molecule has 68 valence electrons. The van der Waals surface area contributed by atoms with Gasteiger partial charge < -0.3 is 10.3 Å². The van der Waals surface area contributed by atoms with E-state index >= 15 is 0 Å². The van der Waals surface area contributed by atoms with E-state index in [4.69, 9.17) is 5.73 Å². The van der Waals surface area contributed by atoms with Crippen LogP contribution >= 0.6 is 11.8 Å². The van der Waals surface area contributed by atoms with Gasteiger partial charge in [-0.25, -0.2) is 0 Å². The number of aromatic nitrogens is 1. The second-order valence-electron chi connectivity index (χ2n) is 2.91. The third-order valence-corrected chi connectivity index (χ3v) is 2.46. The third kappa shape index (κ3) is 2.29. The Labute approximate surface area is 78.1 Å². The van der Waals surface area contributed by atoms with Gasteiger partial charge in [-0.1, -0.05) is 0 Å². The largest absolute Gasteiger partial charge is 0.349 e. The number of thioether (sulfide) groups is 1. The summed E-state index contributed by atoms with van der Waals surface area (Å²) in [6.45, 7) is 3.08. The van der Waals surface area contributed by atoms with Crippen LogP contribution in [-0.4, -0.2) is 16.6 Å². The van der Waals surface area contributed by atoms with Gasteiger partial charge in [0.1, 0.15) is 0 Å². The van der Waals surface area contributed by atoms with E-state index in [0.717, 1.165) is 12.3 Å². The highest BCUT2D eigenvalue weighted by atomic mass is 32.2. The van der Waals surface area contributed by atoms with Crippen molar-refractivity contribution >= 4 is 11.8 Å². The van der Waals surface area contributed by atoms with Crippen molar-refractivity contribution in [1.29, 1.82) is 0 Å². The summed E-state index contributed by atoms with van der Waals surface area (Å²) in [6, 6.07) is 4.28. The van der Waals surface area contributed by atoms with E-state index < -0.39 is 0 Å². The molecule has 1 heterocycles. The highest BCUT2D eigenvalue weighted by Crippen LogP contribution is 2.11. The molecule has 1 rings (SSSR count). The lowest BCUT2D eigenvalue weighted by molar-refractivity contribution is 0.663. The van der Waals surface area contributed by atoms with Crippen molar-refractivity contribution in [2.75, 3.05) is 12.0 Å². The van der Waals surface area contributed by atoms with Crippen molar-refractivity contribution < 1.29 is 0 Å². The molecule has 0 radical (unpaired) electrons. The molecular formula is C9H16N2S. The predicted octanol–water partition coefficient (Wildman–Crippen LogP) is 1.87. The van der Waals surface area contributed by atoms with Gasteiger partial charge in [0.25, 0.3) is 0 Å². The zero-order valence-corrected chi connectivity index (χ0v) is 8.47. The van der Waals surface area contributed by atoms with Gasteiger partial charge in [-0.2, -0.15) is 11.8 Å². The fourth-order valence-electron chi connectivity index (χ4n) is 1.23. The average Bonchev–Trinajstić information content (AvgIpc) is 2.48. The number of hydrogen-bond donors (Lipinski definition) is 1. The summed E-state index contributed by atoms with van der Waals surface area (Å²) in [7, 11) is 0. The summed E-state index contributed by atoms with van der Waals surface area (Å²) in [6.07, 6.45) is 4.21. The van der Waals surface area contributed by atoms with Crippen LogP contribution in [0.25, 0.3) is 0 Å². The molecule has 2 N–H and O–H groups in total. The Kier molecular flexibility index (Phi) is 3.69. The molecule has 0 saturated heterocycles. The summed E-state index contributed by atoms with van der Waals surface area (Å²) >= 11 is 1.86. The lowest BCUT2D eigenvalue weighted by Gasteiger charge is -2.10. The predicted molar refractivity (Wildman–Crippen MR) is 55.4 cm³/mol. The molecule has 1 unspecified atom stereocenters. The lowest BCUT2D eigenvalue weighted by atomic mass is 10.2. The van der Waals surface area contributed by atoms with Crippen molar-refractivity contribution in [3.63, 3.8) is 0 Å². The molecule has 0 aliphatic rings. The first kappa shape index (κ1) is 9.68. The van der Waals surface area contributed by atoms with Crippen LogP contribution in [0, 0.1) is 0 Å². The topological polar surface area (TPSA) is 30.9 Å². The van der Waals surface area contributed by atoms with Gasteiger partial charge in [0.15, 0.2) is 0 Å². The fraction of sp³-hybridized carbons (Fsp3) is 0.556. The Balaban J connectivity index is 2.64. The number of aryl methyl sites for hydroxylation is 1. The molecule has 0 amide bonds. The molecule has 0 aliphatic carbocycles. The number of nitrogens with zero attached hydrogens (tertiary/aromatic N) is 1. The Bertz CT molecular complexity index is 230. The van der Waals surface area contributed by atoms with Crippen LogP contribution in [0.5, 0.6) is 0 Å². The maximum Gasteiger partial charge on any atom is 0.0421 e. The van der Waals surface area contributed by atoms with Gasteiger partial charge in [0.2, 0.25) is 0 Å². The first-order valence-corrected chi connectivity index (χ1v) is 5.54. The molecule has 3 heteroatoms. The summed E-state index contributed by atoms with van der Waals surface area (Å²) in [5.41, 5.74) is 7.03. The average molecular weight is 184 g/mol. The van der Waals surface area contributed by atoms with E-state index in [1.54, 1.807) is 0 Å². The van der Waals surface area contributed by atoms with Gasteiger partial charge in [-0.3, -0.25) is 0 Å². The van der Waals surface area contributed by atoms with Gasteiger partial charge in [-0.05, 0) is 25.3 Å². The third-order valence-electron chi connectivity index (χ3n) is 1.87. The normalized spacial score (nSPS) is 13.2. The van der Waals surface area contributed by atoms with E-state index in [-0.39, 0.29) is 6.04 Å². The van der Waals surface area contributed by atoms with Crippen LogP contribution < -0.4 is 5.73 Å². The monoisotopic (exact) mass is 184 g/mol. The minimum absolute atomic E-state index is 0.141. The molecule has 2 nitrogen and oxygen atoms in total. The molecule has 1 aromatic rings. The van der Waals surface area contributed by atoms with Gasteiger partial charge in [0.05, 0.1) is 0 Å². The van der Waals surface area contributed by atoms with E-state index in [0.29, 0.717) is 0 Å². The van der Waals surface area contributed by atoms with Crippen LogP contribution in [0.15, 0.2) is 18.3 Å². The molecule has 0 aliphatic heterocycles. The van der Waals surface area contributed by atoms with Crippen LogP contribution in [-0.2, 0) is 6.54 Å². The first-order chi connectivity index (χ1) is 5.75. The van der Waals surface area contributed by atoms with Gasteiger partial charge >= 0.3 is 0 Å².